The van der Waals surface area contributed by atoms with Crippen molar-refractivity contribution < 1.29 is 0 Å². The van der Waals surface area contributed by atoms with Crippen LogP contribution in [0.3, 0.4) is 0 Å². The second kappa shape index (κ2) is 4.21. The molecule has 2 nitrogen and oxygen atoms in total. The van der Waals surface area contributed by atoms with E-state index in [2.05, 4.69) is 16.9 Å². The van der Waals surface area contributed by atoms with Gasteiger partial charge in [-0.25, -0.2) is 0 Å². The predicted molar refractivity (Wildman–Crippen MR) is 53.5 cm³/mol. The molecule has 0 aromatic heterocycles. The normalized spacial score (nSPS) is 23.3. The molecule has 1 fully saturated rings. The SMILES string of the molecule is C=C1CNCCC1=N/C(C)=C\C. The molecule has 12 heavy (non-hydrogen) atoms. The van der Waals surface area contributed by atoms with Gasteiger partial charge in [0.1, 0.15) is 0 Å². The highest BCUT2D eigenvalue weighted by molar-refractivity contribution is 6.01. The minimum Gasteiger partial charge on any atom is -0.312 e. The van der Waals surface area contributed by atoms with Crippen molar-refractivity contribution in [3.05, 3.63) is 23.9 Å². The molecule has 0 aromatic carbocycles. The Morgan fingerprint density at radius 1 is 1.67 bits per heavy atom. The van der Waals surface area contributed by atoms with E-state index >= 15 is 0 Å². The standard InChI is InChI=1S/C10H16N2/c1-4-9(3)12-10-5-6-11-7-8(10)2/h4,11H,2,5-7H2,1,3H3/b9-4-,12-10?. The Hall–Kier alpha value is -0.890. The summed E-state index contributed by atoms with van der Waals surface area (Å²) in [4.78, 5) is 4.47. The molecule has 0 unspecified atom stereocenters. The summed E-state index contributed by atoms with van der Waals surface area (Å²) in [6.07, 6.45) is 3.02. The lowest BCUT2D eigenvalue weighted by molar-refractivity contribution is 0.731. The van der Waals surface area contributed by atoms with Crippen LogP contribution in [-0.4, -0.2) is 18.8 Å². The van der Waals surface area contributed by atoms with E-state index in [0.29, 0.717) is 0 Å². The molecule has 0 spiro atoms. The van der Waals surface area contributed by atoms with Crippen molar-refractivity contribution >= 4 is 5.71 Å². The third-order valence-corrected chi connectivity index (χ3v) is 2.01. The Morgan fingerprint density at radius 3 is 3.00 bits per heavy atom. The van der Waals surface area contributed by atoms with E-state index in [1.807, 2.05) is 19.9 Å². The first kappa shape index (κ1) is 9.20. The number of rotatable bonds is 1. The molecule has 1 N–H and O–H groups in total. The average molecular weight is 164 g/mol. The molecular weight excluding hydrogens is 148 g/mol. The maximum atomic E-state index is 4.47. The number of allylic oxidation sites excluding steroid dienone is 2. The molecule has 66 valence electrons. The first-order chi connectivity index (χ1) is 5.74. The zero-order valence-corrected chi connectivity index (χ0v) is 7.85. The van der Waals surface area contributed by atoms with Gasteiger partial charge < -0.3 is 5.32 Å². The van der Waals surface area contributed by atoms with Gasteiger partial charge in [-0.05, 0) is 19.4 Å². The summed E-state index contributed by atoms with van der Waals surface area (Å²) >= 11 is 0. The van der Waals surface area contributed by atoms with Crippen molar-refractivity contribution in [2.24, 2.45) is 4.99 Å². The van der Waals surface area contributed by atoms with E-state index in [0.717, 1.165) is 36.5 Å². The van der Waals surface area contributed by atoms with Gasteiger partial charge in [0.15, 0.2) is 0 Å². The van der Waals surface area contributed by atoms with E-state index in [1.165, 1.54) is 0 Å². The second-order valence-corrected chi connectivity index (χ2v) is 3.02. The molecule has 2 heteroatoms. The smallest absolute Gasteiger partial charge is 0.0458 e. The van der Waals surface area contributed by atoms with E-state index in [1.54, 1.807) is 0 Å². The lowest BCUT2D eigenvalue weighted by Crippen LogP contribution is -2.30. The Bertz CT molecular complexity index is 236. The summed E-state index contributed by atoms with van der Waals surface area (Å²) in [7, 11) is 0. The number of nitrogens with zero attached hydrogens (tertiary/aromatic N) is 1. The van der Waals surface area contributed by atoms with Gasteiger partial charge in [0.05, 0.1) is 0 Å². The van der Waals surface area contributed by atoms with Crippen molar-refractivity contribution in [2.75, 3.05) is 13.1 Å². The van der Waals surface area contributed by atoms with Crippen LogP contribution in [0, 0.1) is 0 Å². The van der Waals surface area contributed by atoms with Crippen LogP contribution in [0.25, 0.3) is 0 Å². The van der Waals surface area contributed by atoms with E-state index in [-0.39, 0.29) is 0 Å². The third-order valence-electron chi connectivity index (χ3n) is 2.01. The molecule has 0 amide bonds. The van der Waals surface area contributed by atoms with E-state index in [4.69, 9.17) is 0 Å². The minimum absolute atomic E-state index is 0.885. The van der Waals surface area contributed by atoms with Crippen molar-refractivity contribution in [3.63, 3.8) is 0 Å². The van der Waals surface area contributed by atoms with Crippen molar-refractivity contribution in [1.82, 2.24) is 5.32 Å². The molecule has 1 heterocycles. The maximum absolute atomic E-state index is 4.47. The molecule has 0 atom stereocenters. The summed E-state index contributed by atoms with van der Waals surface area (Å²) in [5, 5.41) is 3.26. The summed E-state index contributed by atoms with van der Waals surface area (Å²) in [6, 6.07) is 0. The fraction of sp³-hybridized carbons (Fsp3) is 0.500. The Kier molecular flexibility index (Phi) is 3.23. The van der Waals surface area contributed by atoms with Crippen LogP contribution in [0.1, 0.15) is 20.3 Å². The molecule has 1 aliphatic rings. The first-order valence-electron chi connectivity index (χ1n) is 4.33. The van der Waals surface area contributed by atoms with Gasteiger partial charge >= 0.3 is 0 Å². The summed E-state index contributed by atoms with van der Waals surface area (Å²) in [5.41, 5.74) is 3.36. The molecule has 0 aromatic rings. The zero-order chi connectivity index (χ0) is 8.97. The highest BCUT2D eigenvalue weighted by atomic mass is 14.9. The average Bonchev–Trinajstić information content (AvgIpc) is 2.09. The third kappa shape index (κ3) is 2.31. The highest BCUT2D eigenvalue weighted by Crippen LogP contribution is 2.07. The molecule has 1 rings (SSSR count). The van der Waals surface area contributed by atoms with Gasteiger partial charge in [0.25, 0.3) is 0 Å². The van der Waals surface area contributed by atoms with Crippen LogP contribution in [0.2, 0.25) is 0 Å². The van der Waals surface area contributed by atoms with Crippen LogP contribution in [0.5, 0.6) is 0 Å². The number of piperidine rings is 1. The highest BCUT2D eigenvalue weighted by Gasteiger charge is 2.09. The predicted octanol–water partition coefficient (Wildman–Crippen LogP) is 1.90. The van der Waals surface area contributed by atoms with E-state index < -0.39 is 0 Å². The van der Waals surface area contributed by atoms with Crippen LogP contribution in [0.15, 0.2) is 28.9 Å². The maximum Gasteiger partial charge on any atom is 0.0458 e. The summed E-state index contributed by atoms with van der Waals surface area (Å²) < 4.78 is 0. The van der Waals surface area contributed by atoms with Crippen LogP contribution >= 0.6 is 0 Å². The largest absolute Gasteiger partial charge is 0.312 e. The molecule has 1 saturated heterocycles. The van der Waals surface area contributed by atoms with Crippen molar-refractivity contribution in [2.45, 2.75) is 20.3 Å². The number of hydrogen-bond donors (Lipinski definition) is 1. The monoisotopic (exact) mass is 164 g/mol. The van der Waals surface area contributed by atoms with Crippen LogP contribution in [-0.2, 0) is 0 Å². The molecular formula is C10H16N2. The lowest BCUT2D eigenvalue weighted by Gasteiger charge is -2.16. The van der Waals surface area contributed by atoms with Crippen LogP contribution < -0.4 is 5.32 Å². The topological polar surface area (TPSA) is 24.4 Å². The van der Waals surface area contributed by atoms with Crippen molar-refractivity contribution in [3.8, 4) is 0 Å². The Morgan fingerprint density at radius 2 is 2.42 bits per heavy atom. The van der Waals surface area contributed by atoms with Crippen LogP contribution in [0.4, 0.5) is 0 Å². The van der Waals surface area contributed by atoms with E-state index in [9.17, 15) is 0 Å². The fourth-order valence-electron chi connectivity index (χ4n) is 1.14. The van der Waals surface area contributed by atoms with Gasteiger partial charge in [-0.2, -0.15) is 0 Å². The van der Waals surface area contributed by atoms with Gasteiger partial charge in [0, 0.05) is 30.9 Å². The summed E-state index contributed by atoms with van der Waals surface area (Å²) in [6.45, 7) is 9.89. The number of aliphatic imine (C=N–C) groups is 1. The zero-order valence-electron chi connectivity index (χ0n) is 7.85. The molecule has 0 aliphatic carbocycles. The second-order valence-electron chi connectivity index (χ2n) is 3.02. The molecule has 0 radical (unpaired) electrons. The quantitative estimate of drug-likeness (QED) is 0.629. The lowest BCUT2D eigenvalue weighted by atomic mass is 10.1. The first-order valence-corrected chi connectivity index (χ1v) is 4.33. The molecule has 0 saturated carbocycles. The molecule has 1 aliphatic heterocycles. The Labute approximate surface area is 74.1 Å². The van der Waals surface area contributed by atoms with Gasteiger partial charge in [-0.3, -0.25) is 4.99 Å². The van der Waals surface area contributed by atoms with Gasteiger partial charge in [-0.15, -0.1) is 0 Å². The van der Waals surface area contributed by atoms with Gasteiger partial charge in [0.2, 0.25) is 0 Å². The van der Waals surface area contributed by atoms with Gasteiger partial charge in [-0.1, -0.05) is 12.7 Å². The fourth-order valence-corrected chi connectivity index (χ4v) is 1.14. The molecule has 0 bridgehead atoms. The summed E-state index contributed by atoms with van der Waals surface area (Å²) in [5.74, 6) is 0. The number of nitrogens with one attached hydrogen (secondary N) is 1. The number of hydrogen-bond acceptors (Lipinski definition) is 2. The van der Waals surface area contributed by atoms with Crippen molar-refractivity contribution in [1.29, 1.82) is 0 Å². The minimum atomic E-state index is 0.885. The Balaban J connectivity index is 2.71.